The van der Waals surface area contributed by atoms with Gasteiger partial charge < -0.3 is 10.0 Å². The summed E-state index contributed by atoms with van der Waals surface area (Å²) in [5.74, 6) is 0.168. The first kappa shape index (κ1) is 21.1. The van der Waals surface area contributed by atoms with E-state index >= 15 is 0 Å². The van der Waals surface area contributed by atoms with E-state index in [9.17, 15) is 18.3 Å². The van der Waals surface area contributed by atoms with Crippen molar-refractivity contribution in [3.05, 3.63) is 29.3 Å². The van der Waals surface area contributed by atoms with Gasteiger partial charge in [-0.2, -0.15) is 4.31 Å². The van der Waals surface area contributed by atoms with Crippen molar-refractivity contribution >= 4 is 27.5 Å². The number of aliphatic hydroxyl groups is 1. The molecule has 1 aliphatic carbocycles. The highest BCUT2D eigenvalue weighted by Crippen LogP contribution is 2.40. The summed E-state index contributed by atoms with van der Waals surface area (Å²) in [7, 11) is -3.56. The second-order valence-electron chi connectivity index (χ2n) is 8.71. The summed E-state index contributed by atoms with van der Waals surface area (Å²) in [5, 5.41) is 11.3. The van der Waals surface area contributed by atoms with E-state index in [1.807, 2.05) is 4.90 Å². The molecule has 0 aromatic heterocycles. The smallest absolute Gasteiger partial charge is 0.243 e. The highest BCUT2D eigenvalue weighted by Gasteiger charge is 2.45. The first-order valence-electron chi connectivity index (χ1n) is 10.6. The van der Waals surface area contributed by atoms with Gasteiger partial charge in [-0.1, -0.05) is 24.4 Å². The molecule has 8 heteroatoms. The van der Waals surface area contributed by atoms with Crippen LogP contribution in [0.3, 0.4) is 0 Å². The molecule has 2 saturated heterocycles. The van der Waals surface area contributed by atoms with Crippen molar-refractivity contribution in [3.63, 3.8) is 0 Å². The van der Waals surface area contributed by atoms with Gasteiger partial charge in [0.15, 0.2) is 0 Å². The summed E-state index contributed by atoms with van der Waals surface area (Å²) in [4.78, 5) is 15.2. The maximum absolute atomic E-state index is 13.1. The fraction of sp³-hybridized carbons (Fsp3) is 0.667. The number of nitrogens with zero attached hydrogens (tertiary/aromatic N) is 2. The molecule has 0 spiro atoms. The van der Waals surface area contributed by atoms with Gasteiger partial charge in [-0.25, -0.2) is 8.42 Å². The molecule has 1 N–H and O–H groups in total. The Balaban J connectivity index is 1.36. The third-order valence-electron chi connectivity index (χ3n) is 6.99. The lowest BCUT2D eigenvalue weighted by molar-refractivity contribution is -0.148. The van der Waals surface area contributed by atoms with E-state index in [0.717, 1.165) is 25.7 Å². The number of hydrogen-bond donors (Lipinski definition) is 1. The van der Waals surface area contributed by atoms with E-state index in [1.165, 1.54) is 16.4 Å². The molecule has 2 aliphatic heterocycles. The fourth-order valence-corrected chi connectivity index (χ4v) is 6.72. The molecule has 0 bridgehead atoms. The van der Waals surface area contributed by atoms with Crippen LogP contribution in [-0.2, 0) is 14.8 Å². The molecule has 3 fully saturated rings. The highest BCUT2D eigenvalue weighted by molar-refractivity contribution is 7.89. The zero-order chi connectivity index (χ0) is 20.6. The SMILES string of the molecule is O=C(C1CCN(S(=O)(=O)c2ccc(Cl)cc2)CC1)N1CCC2(O)CCCCC2C1. The van der Waals surface area contributed by atoms with Crippen LogP contribution in [-0.4, -0.2) is 60.4 Å². The summed E-state index contributed by atoms with van der Waals surface area (Å²) in [6.07, 6.45) is 5.76. The van der Waals surface area contributed by atoms with Crippen LogP contribution in [0.4, 0.5) is 0 Å². The molecule has 160 valence electrons. The van der Waals surface area contributed by atoms with Crippen molar-refractivity contribution in [1.82, 2.24) is 9.21 Å². The Hall–Kier alpha value is -1.15. The Morgan fingerprint density at radius 1 is 1.03 bits per heavy atom. The molecule has 1 amide bonds. The summed E-state index contributed by atoms with van der Waals surface area (Å²) in [5.41, 5.74) is -0.592. The minimum atomic E-state index is -3.56. The van der Waals surface area contributed by atoms with E-state index < -0.39 is 15.6 Å². The van der Waals surface area contributed by atoms with E-state index in [4.69, 9.17) is 11.6 Å². The van der Waals surface area contributed by atoms with Crippen molar-refractivity contribution in [2.24, 2.45) is 11.8 Å². The number of rotatable bonds is 3. The molecule has 1 aromatic carbocycles. The van der Waals surface area contributed by atoms with Crippen molar-refractivity contribution < 1.29 is 18.3 Å². The van der Waals surface area contributed by atoms with E-state index in [2.05, 4.69) is 0 Å². The van der Waals surface area contributed by atoms with Crippen LogP contribution in [0.2, 0.25) is 5.02 Å². The maximum atomic E-state index is 13.1. The van der Waals surface area contributed by atoms with Crippen LogP contribution in [0.5, 0.6) is 0 Å². The first-order chi connectivity index (χ1) is 13.8. The second kappa shape index (κ2) is 8.17. The van der Waals surface area contributed by atoms with Gasteiger partial charge in [0, 0.05) is 43.0 Å². The van der Waals surface area contributed by atoms with Crippen LogP contribution in [0.1, 0.15) is 44.9 Å². The van der Waals surface area contributed by atoms with Gasteiger partial charge in [0.05, 0.1) is 10.5 Å². The van der Waals surface area contributed by atoms with Gasteiger partial charge in [-0.3, -0.25) is 4.79 Å². The Morgan fingerprint density at radius 2 is 1.72 bits per heavy atom. The molecule has 3 aliphatic rings. The molecular formula is C21H29ClN2O4S. The van der Waals surface area contributed by atoms with E-state index in [-0.39, 0.29) is 22.6 Å². The lowest BCUT2D eigenvalue weighted by Gasteiger charge is -2.48. The van der Waals surface area contributed by atoms with Gasteiger partial charge in [-0.15, -0.1) is 0 Å². The summed E-state index contributed by atoms with van der Waals surface area (Å²) < 4.78 is 27.1. The molecule has 2 unspecified atom stereocenters. The maximum Gasteiger partial charge on any atom is 0.243 e. The summed E-state index contributed by atoms with van der Waals surface area (Å²) in [6, 6.07) is 6.20. The van der Waals surface area contributed by atoms with Crippen molar-refractivity contribution in [2.45, 2.75) is 55.4 Å². The normalized spacial score (nSPS) is 29.4. The topological polar surface area (TPSA) is 77.9 Å². The Labute approximate surface area is 177 Å². The van der Waals surface area contributed by atoms with Crippen LogP contribution >= 0.6 is 11.6 Å². The van der Waals surface area contributed by atoms with Crippen LogP contribution < -0.4 is 0 Å². The number of sulfonamides is 1. The van der Waals surface area contributed by atoms with E-state index in [1.54, 1.807) is 12.1 Å². The van der Waals surface area contributed by atoms with Crippen molar-refractivity contribution in [3.8, 4) is 0 Å². The largest absolute Gasteiger partial charge is 0.389 e. The number of benzene rings is 1. The van der Waals surface area contributed by atoms with Gasteiger partial charge in [0.1, 0.15) is 0 Å². The molecule has 2 atom stereocenters. The molecule has 4 rings (SSSR count). The fourth-order valence-electron chi connectivity index (χ4n) is 5.13. The molecular weight excluding hydrogens is 412 g/mol. The van der Waals surface area contributed by atoms with Crippen molar-refractivity contribution in [1.29, 1.82) is 0 Å². The third-order valence-corrected chi connectivity index (χ3v) is 9.16. The minimum absolute atomic E-state index is 0.126. The zero-order valence-electron chi connectivity index (χ0n) is 16.6. The van der Waals surface area contributed by atoms with Crippen LogP contribution in [0.25, 0.3) is 0 Å². The first-order valence-corrected chi connectivity index (χ1v) is 12.4. The summed E-state index contributed by atoms with van der Waals surface area (Å²) in [6.45, 7) is 1.94. The molecule has 29 heavy (non-hydrogen) atoms. The molecule has 1 saturated carbocycles. The lowest BCUT2D eigenvalue weighted by atomic mass is 9.71. The number of fused-ring (bicyclic) bond motifs is 1. The predicted octanol–water partition coefficient (Wildman–Crippen LogP) is 2.89. The van der Waals surface area contributed by atoms with Crippen LogP contribution in [0.15, 0.2) is 29.2 Å². The Kier molecular flexibility index (Phi) is 5.95. The highest BCUT2D eigenvalue weighted by atomic mass is 35.5. The average Bonchev–Trinajstić information content (AvgIpc) is 2.73. The van der Waals surface area contributed by atoms with Gasteiger partial charge >= 0.3 is 0 Å². The van der Waals surface area contributed by atoms with Crippen LogP contribution in [0, 0.1) is 11.8 Å². The van der Waals surface area contributed by atoms with Gasteiger partial charge in [-0.05, 0) is 56.4 Å². The minimum Gasteiger partial charge on any atom is -0.389 e. The Morgan fingerprint density at radius 3 is 2.41 bits per heavy atom. The standard InChI is InChI=1S/C21H29ClN2O4S/c22-18-4-6-19(7-5-18)29(27,28)24-12-8-16(9-13-24)20(25)23-14-11-21(26)10-2-1-3-17(21)15-23/h4-7,16-17,26H,1-3,8-15H2. The number of halogens is 1. The van der Waals surface area contributed by atoms with Gasteiger partial charge in [0.25, 0.3) is 0 Å². The predicted molar refractivity (Wildman–Crippen MR) is 111 cm³/mol. The quantitative estimate of drug-likeness (QED) is 0.783. The second-order valence-corrected chi connectivity index (χ2v) is 11.1. The molecule has 6 nitrogen and oxygen atoms in total. The Bertz CT molecular complexity index is 852. The molecule has 2 heterocycles. The number of hydrogen-bond acceptors (Lipinski definition) is 4. The molecule has 0 radical (unpaired) electrons. The lowest BCUT2D eigenvalue weighted by Crippen LogP contribution is -2.56. The monoisotopic (exact) mass is 440 g/mol. The third kappa shape index (κ3) is 4.20. The number of amides is 1. The number of likely N-dealkylation sites (tertiary alicyclic amines) is 1. The zero-order valence-corrected chi connectivity index (χ0v) is 18.2. The van der Waals surface area contributed by atoms with E-state index in [0.29, 0.717) is 50.5 Å². The van der Waals surface area contributed by atoms with Crippen molar-refractivity contribution in [2.75, 3.05) is 26.2 Å². The average molecular weight is 441 g/mol. The molecule has 1 aromatic rings. The van der Waals surface area contributed by atoms with Gasteiger partial charge in [0.2, 0.25) is 15.9 Å². The summed E-state index contributed by atoms with van der Waals surface area (Å²) >= 11 is 5.86. The number of carbonyl (C=O) groups is 1. The number of carbonyl (C=O) groups excluding carboxylic acids is 1. The number of piperidine rings is 2.